The number of aromatic nitrogens is 3. The SMILES string of the molecule is Cc1cc(N)nc(-c2c(Cl)cc3c(N4C[C@H]5CC[C@@H]4[C@@H]5N)nc(OC[C@@H]4CCCN4C)nc3c2F)c1C(F)(F)F. The second-order valence-electron chi connectivity index (χ2n) is 11.1. The number of halogens is 5. The molecule has 3 aromatic rings. The van der Waals surface area contributed by atoms with Crippen LogP contribution in [0.3, 0.4) is 0 Å². The van der Waals surface area contributed by atoms with Crippen LogP contribution in [0.2, 0.25) is 5.02 Å². The molecule has 6 rings (SSSR count). The first-order valence-corrected chi connectivity index (χ1v) is 13.7. The first-order chi connectivity index (χ1) is 18.9. The fourth-order valence-corrected chi connectivity index (χ4v) is 6.83. The standard InChI is InChI=1S/C27H30ClF4N7O/c1-12-8-18(33)35-24(20(12)27(30,31)32)19-16(28)9-15-23(21(19)29)36-26(40-11-14-4-3-7-38(14)2)37-25(15)39-10-13-5-6-17(39)22(13)34/h8-9,13-14,17,22H,3-7,10-11,34H2,1-2H3,(H2,33,35)/t13-,14+,17-,22-/m1/s1. The predicted molar refractivity (Wildman–Crippen MR) is 145 cm³/mol. The lowest BCUT2D eigenvalue weighted by Gasteiger charge is -2.29. The molecule has 214 valence electrons. The first-order valence-electron chi connectivity index (χ1n) is 13.3. The van der Waals surface area contributed by atoms with E-state index >= 15 is 4.39 Å². The third-order valence-electron chi connectivity index (χ3n) is 8.60. The Bertz CT molecular complexity index is 1490. The molecule has 1 aromatic carbocycles. The Morgan fingerprint density at radius 1 is 1.15 bits per heavy atom. The second kappa shape index (κ2) is 9.85. The van der Waals surface area contributed by atoms with Gasteiger partial charge < -0.3 is 26.0 Å². The van der Waals surface area contributed by atoms with Gasteiger partial charge in [-0.1, -0.05) is 11.6 Å². The number of alkyl halides is 3. The number of ether oxygens (including phenoxy) is 1. The summed E-state index contributed by atoms with van der Waals surface area (Å²) in [5, 5.41) is 0.0123. The van der Waals surface area contributed by atoms with E-state index in [1.54, 1.807) is 0 Å². The third kappa shape index (κ3) is 4.50. The fraction of sp³-hybridized carbons (Fsp3) is 0.519. The second-order valence-corrected chi connectivity index (χ2v) is 11.5. The Labute approximate surface area is 233 Å². The molecule has 40 heavy (non-hydrogen) atoms. The number of rotatable bonds is 5. The van der Waals surface area contributed by atoms with Crippen LogP contribution in [0, 0.1) is 18.7 Å². The van der Waals surface area contributed by atoms with Crippen molar-refractivity contribution in [1.82, 2.24) is 19.9 Å². The van der Waals surface area contributed by atoms with Gasteiger partial charge in [0.05, 0.1) is 21.8 Å². The molecule has 0 spiro atoms. The van der Waals surface area contributed by atoms with Gasteiger partial charge in [0.25, 0.3) is 0 Å². The number of fused-ring (bicyclic) bond motifs is 3. The van der Waals surface area contributed by atoms with Crippen molar-refractivity contribution in [3.63, 3.8) is 0 Å². The quantitative estimate of drug-likeness (QED) is 0.416. The molecule has 4 heterocycles. The van der Waals surface area contributed by atoms with Gasteiger partial charge in [0.2, 0.25) is 0 Å². The van der Waals surface area contributed by atoms with Crippen molar-refractivity contribution in [2.24, 2.45) is 11.7 Å². The molecule has 4 atom stereocenters. The highest BCUT2D eigenvalue weighted by Gasteiger charge is 2.46. The Kier molecular flexibility index (Phi) is 6.70. The van der Waals surface area contributed by atoms with E-state index in [2.05, 4.69) is 19.9 Å². The van der Waals surface area contributed by atoms with Crippen LogP contribution in [0.5, 0.6) is 6.01 Å². The Morgan fingerprint density at radius 3 is 2.55 bits per heavy atom. The van der Waals surface area contributed by atoms with Crippen molar-refractivity contribution in [3.8, 4) is 17.3 Å². The van der Waals surface area contributed by atoms with Gasteiger partial charge in [-0.15, -0.1) is 0 Å². The maximum atomic E-state index is 16.4. The lowest BCUT2D eigenvalue weighted by atomic mass is 9.99. The summed E-state index contributed by atoms with van der Waals surface area (Å²) in [6.07, 6.45) is -1.00. The van der Waals surface area contributed by atoms with E-state index < -0.39 is 28.8 Å². The number of pyridine rings is 1. The summed E-state index contributed by atoms with van der Waals surface area (Å²) in [6, 6.07) is 2.52. The normalized spacial score (nSPS) is 24.9. The highest BCUT2D eigenvalue weighted by Crippen LogP contribution is 2.46. The molecular formula is C27H30ClF4N7O. The lowest BCUT2D eigenvalue weighted by Crippen LogP contribution is -2.38. The minimum Gasteiger partial charge on any atom is -0.462 e. The molecule has 2 bridgehead atoms. The number of benzene rings is 1. The number of piperidine rings is 1. The molecule has 3 fully saturated rings. The molecule has 2 saturated heterocycles. The van der Waals surface area contributed by atoms with Gasteiger partial charge in [-0.3, -0.25) is 0 Å². The maximum Gasteiger partial charge on any atom is 0.418 e. The summed E-state index contributed by atoms with van der Waals surface area (Å²) in [6.45, 7) is 3.10. The molecule has 1 aliphatic carbocycles. The van der Waals surface area contributed by atoms with Crippen LogP contribution in [0.4, 0.5) is 29.2 Å². The average molecular weight is 580 g/mol. The number of hydrogen-bond acceptors (Lipinski definition) is 8. The number of likely N-dealkylation sites (N-methyl/N-ethyl adjacent to an activating group) is 1. The summed E-state index contributed by atoms with van der Waals surface area (Å²) < 4.78 is 64.8. The zero-order chi connectivity index (χ0) is 28.5. The van der Waals surface area contributed by atoms with E-state index in [1.165, 1.54) is 13.0 Å². The summed E-state index contributed by atoms with van der Waals surface area (Å²) >= 11 is 6.54. The van der Waals surface area contributed by atoms with Crippen LogP contribution >= 0.6 is 11.6 Å². The number of nitrogen functional groups attached to an aromatic ring is 1. The van der Waals surface area contributed by atoms with Crippen LogP contribution in [0.15, 0.2) is 12.1 Å². The zero-order valence-electron chi connectivity index (χ0n) is 22.1. The van der Waals surface area contributed by atoms with Crippen LogP contribution in [-0.4, -0.2) is 64.7 Å². The van der Waals surface area contributed by atoms with E-state index in [9.17, 15) is 13.2 Å². The van der Waals surface area contributed by atoms with Crippen molar-refractivity contribution in [3.05, 3.63) is 34.1 Å². The van der Waals surface area contributed by atoms with Crippen molar-refractivity contribution in [2.45, 2.75) is 56.9 Å². The van der Waals surface area contributed by atoms with Crippen LogP contribution < -0.4 is 21.1 Å². The first kappa shape index (κ1) is 27.2. The number of nitrogens with two attached hydrogens (primary N) is 2. The van der Waals surface area contributed by atoms with E-state index in [-0.39, 0.29) is 57.4 Å². The Balaban J connectivity index is 1.54. The number of aryl methyl sites for hydroxylation is 1. The van der Waals surface area contributed by atoms with Gasteiger partial charge >= 0.3 is 12.2 Å². The highest BCUT2D eigenvalue weighted by molar-refractivity contribution is 6.34. The zero-order valence-corrected chi connectivity index (χ0v) is 22.9. The molecule has 3 aliphatic rings. The largest absolute Gasteiger partial charge is 0.462 e. The van der Waals surface area contributed by atoms with Crippen molar-refractivity contribution < 1.29 is 22.3 Å². The molecule has 2 aromatic heterocycles. The number of nitrogens with zero attached hydrogens (tertiary/aromatic N) is 5. The Hall–Kier alpha value is -2.96. The molecule has 4 N–H and O–H groups in total. The van der Waals surface area contributed by atoms with Crippen LogP contribution in [0.1, 0.15) is 36.8 Å². The number of anilines is 2. The molecule has 0 amide bonds. The predicted octanol–water partition coefficient (Wildman–Crippen LogP) is 4.79. The van der Waals surface area contributed by atoms with Crippen molar-refractivity contribution >= 4 is 34.1 Å². The van der Waals surface area contributed by atoms with E-state index in [0.29, 0.717) is 19.0 Å². The molecule has 13 heteroatoms. The molecular weight excluding hydrogens is 550 g/mol. The topological polar surface area (TPSA) is 106 Å². The van der Waals surface area contributed by atoms with Crippen LogP contribution in [0.25, 0.3) is 22.2 Å². The lowest BCUT2D eigenvalue weighted by molar-refractivity contribution is -0.137. The summed E-state index contributed by atoms with van der Waals surface area (Å²) in [5.74, 6) is -0.570. The molecule has 0 unspecified atom stereocenters. The summed E-state index contributed by atoms with van der Waals surface area (Å²) in [7, 11) is 2.00. The van der Waals surface area contributed by atoms with E-state index in [0.717, 1.165) is 38.3 Å². The monoisotopic (exact) mass is 579 g/mol. The summed E-state index contributed by atoms with van der Waals surface area (Å²) in [5.41, 5.74) is 9.52. The van der Waals surface area contributed by atoms with Crippen LogP contribution in [-0.2, 0) is 6.18 Å². The molecule has 2 aliphatic heterocycles. The van der Waals surface area contributed by atoms with Gasteiger partial charge in [-0.25, -0.2) is 9.37 Å². The Morgan fingerprint density at radius 2 is 1.93 bits per heavy atom. The molecule has 1 saturated carbocycles. The smallest absolute Gasteiger partial charge is 0.418 e. The van der Waals surface area contributed by atoms with Crippen molar-refractivity contribution in [2.75, 3.05) is 37.4 Å². The van der Waals surface area contributed by atoms with Gasteiger partial charge in [0, 0.05) is 30.1 Å². The minimum atomic E-state index is -4.83. The van der Waals surface area contributed by atoms with Gasteiger partial charge in [-0.2, -0.15) is 23.1 Å². The van der Waals surface area contributed by atoms with Gasteiger partial charge in [-0.05, 0) is 69.8 Å². The number of hydrogen-bond donors (Lipinski definition) is 2. The highest BCUT2D eigenvalue weighted by atomic mass is 35.5. The number of likely N-dealkylation sites (tertiary alicyclic amines) is 1. The molecule has 8 nitrogen and oxygen atoms in total. The summed E-state index contributed by atoms with van der Waals surface area (Å²) in [4.78, 5) is 17.1. The third-order valence-corrected chi connectivity index (χ3v) is 8.90. The maximum absolute atomic E-state index is 16.4. The molecule has 0 radical (unpaired) electrons. The fourth-order valence-electron chi connectivity index (χ4n) is 6.55. The van der Waals surface area contributed by atoms with Gasteiger partial charge in [0.1, 0.15) is 23.8 Å². The van der Waals surface area contributed by atoms with Gasteiger partial charge in [0.15, 0.2) is 5.82 Å². The van der Waals surface area contributed by atoms with E-state index in [4.69, 9.17) is 27.8 Å². The average Bonchev–Trinajstić information content (AvgIpc) is 3.54. The van der Waals surface area contributed by atoms with E-state index in [1.807, 2.05) is 11.9 Å². The van der Waals surface area contributed by atoms with Crippen molar-refractivity contribution in [1.29, 1.82) is 0 Å². The minimum absolute atomic E-state index is 0.00602.